The Bertz CT molecular complexity index is 503. The van der Waals surface area contributed by atoms with Crippen LogP contribution in [0, 0.1) is 0 Å². The van der Waals surface area contributed by atoms with Crippen molar-refractivity contribution in [1.82, 2.24) is 15.5 Å². The number of piperidine rings is 1. The maximum absolute atomic E-state index is 12.3. The second-order valence-electron chi connectivity index (χ2n) is 6.14. The van der Waals surface area contributed by atoms with E-state index >= 15 is 0 Å². The fourth-order valence-electron chi connectivity index (χ4n) is 3.21. The summed E-state index contributed by atoms with van der Waals surface area (Å²) in [5.41, 5.74) is 0.732. The van der Waals surface area contributed by atoms with Gasteiger partial charge in [0, 0.05) is 42.5 Å². The Morgan fingerprint density at radius 2 is 2.14 bits per heavy atom. The minimum Gasteiger partial charge on any atom is -0.349 e. The fourth-order valence-corrected chi connectivity index (χ4v) is 3.84. The molecule has 2 aliphatic heterocycles. The van der Waals surface area contributed by atoms with Gasteiger partial charge in [0.1, 0.15) is 0 Å². The second kappa shape index (κ2) is 7.24. The molecule has 3 heterocycles. The summed E-state index contributed by atoms with van der Waals surface area (Å²) in [5, 5.41) is 10.2. The minimum atomic E-state index is 0.00109. The van der Waals surface area contributed by atoms with Crippen LogP contribution in [-0.2, 0) is 4.79 Å². The molecule has 2 fully saturated rings. The zero-order valence-corrected chi connectivity index (χ0v) is 13.5. The number of amides is 2. The van der Waals surface area contributed by atoms with Gasteiger partial charge < -0.3 is 15.5 Å². The number of nitrogens with zero attached hydrogens (tertiary/aromatic N) is 1. The summed E-state index contributed by atoms with van der Waals surface area (Å²) in [6.45, 7) is 2.54. The summed E-state index contributed by atoms with van der Waals surface area (Å²) in [6, 6.07) is 2.39. The molecule has 1 unspecified atom stereocenters. The van der Waals surface area contributed by atoms with Gasteiger partial charge in [-0.15, -0.1) is 0 Å². The third-order valence-corrected chi connectivity index (χ3v) is 5.23. The second-order valence-corrected chi connectivity index (χ2v) is 6.92. The molecular weight excluding hydrogens is 298 g/mol. The van der Waals surface area contributed by atoms with Crippen LogP contribution >= 0.6 is 11.3 Å². The first-order chi connectivity index (χ1) is 10.7. The van der Waals surface area contributed by atoms with E-state index in [4.69, 9.17) is 0 Å². The summed E-state index contributed by atoms with van der Waals surface area (Å²) in [7, 11) is 0. The van der Waals surface area contributed by atoms with Crippen LogP contribution in [0.2, 0.25) is 0 Å². The Hall–Kier alpha value is -1.40. The van der Waals surface area contributed by atoms with E-state index in [9.17, 15) is 9.59 Å². The van der Waals surface area contributed by atoms with Gasteiger partial charge in [0.2, 0.25) is 5.91 Å². The molecule has 1 aromatic rings. The molecule has 0 aromatic carbocycles. The van der Waals surface area contributed by atoms with Gasteiger partial charge in [-0.25, -0.2) is 0 Å². The SMILES string of the molecule is O=C(NC1CCN(C(=O)CC2CCCN2)CC1)c1ccsc1. The number of rotatable bonds is 4. The predicted molar refractivity (Wildman–Crippen MR) is 87.0 cm³/mol. The van der Waals surface area contributed by atoms with E-state index in [1.165, 1.54) is 17.8 Å². The van der Waals surface area contributed by atoms with Crippen molar-refractivity contribution in [3.05, 3.63) is 22.4 Å². The Kier molecular flexibility index (Phi) is 5.10. The van der Waals surface area contributed by atoms with Crippen LogP contribution in [0.4, 0.5) is 0 Å². The lowest BCUT2D eigenvalue weighted by molar-refractivity contribution is -0.132. The smallest absolute Gasteiger partial charge is 0.252 e. The molecule has 2 amide bonds. The van der Waals surface area contributed by atoms with Gasteiger partial charge in [0.05, 0.1) is 0 Å². The van der Waals surface area contributed by atoms with Gasteiger partial charge in [-0.2, -0.15) is 11.3 Å². The van der Waals surface area contributed by atoms with Gasteiger partial charge in [-0.05, 0) is 43.7 Å². The van der Waals surface area contributed by atoms with E-state index in [0.717, 1.165) is 44.5 Å². The Balaban J connectivity index is 1.42. The van der Waals surface area contributed by atoms with Gasteiger partial charge in [-0.1, -0.05) is 0 Å². The molecule has 0 spiro atoms. The fraction of sp³-hybridized carbons (Fsp3) is 0.625. The molecule has 6 heteroatoms. The zero-order valence-electron chi connectivity index (χ0n) is 12.7. The van der Waals surface area contributed by atoms with Crippen molar-refractivity contribution in [3.8, 4) is 0 Å². The van der Waals surface area contributed by atoms with Crippen molar-refractivity contribution in [3.63, 3.8) is 0 Å². The van der Waals surface area contributed by atoms with Crippen molar-refractivity contribution >= 4 is 23.2 Å². The van der Waals surface area contributed by atoms with Gasteiger partial charge >= 0.3 is 0 Å². The summed E-state index contributed by atoms with van der Waals surface area (Å²) in [5.74, 6) is 0.253. The Morgan fingerprint density at radius 1 is 1.32 bits per heavy atom. The Labute approximate surface area is 135 Å². The third-order valence-electron chi connectivity index (χ3n) is 4.55. The highest BCUT2D eigenvalue weighted by molar-refractivity contribution is 7.08. The van der Waals surface area contributed by atoms with E-state index in [-0.39, 0.29) is 17.9 Å². The summed E-state index contributed by atoms with van der Waals surface area (Å²) < 4.78 is 0. The highest BCUT2D eigenvalue weighted by Crippen LogP contribution is 2.16. The van der Waals surface area contributed by atoms with E-state index in [2.05, 4.69) is 10.6 Å². The standard InChI is InChI=1S/C16H23N3O2S/c20-15(10-14-2-1-6-17-14)19-7-3-13(4-8-19)18-16(21)12-5-9-22-11-12/h5,9,11,13-14,17H,1-4,6-8,10H2,(H,18,21). The molecule has 0 aliphatic carbocycles. The molecule has 120 valence electrons. The van der Waals surface area contributed by atoms with E-state index in [0.29, 0.717) is 12.5 Å². The van der Waals surface area contributed by atoms with Gasteiger partial charge in [0.25, 0.3) is 5.91 Å². The van der Waals surface area contributed by atoms with E-state index < -0.39 is 0 Å². The van der Waals surface area contributed by atoms with Crippen molar-refractivity contribution in [2.24, 2.45) is 0 Å². The Morgan fingerprint density at radius 3 is 2.77 bits per heavy atom. The van der Waals surface area contributed by atoms with Crippen LogP contribution in [0.1, 0.15) is 42.5 Å². The van der Waals surface area contributed by atoms with Gasteiger partial charge in [-0.3, -0.25) is 9.59 Å². The lowest BCUT2D eigenvalue weighted by Crippen LogP contribution is -2.47. The first-order valence-corrected chi connectivity index (χ1v) is 9.01. The van der Waals surface area contributed by atoms with Crippen LogP contribution in [0.5, 0.6) is 0 Å². The summed E-state index contributed by atoms with van der Waals surface area (Å²) in [4.78, 5) is 26.2. The first kappa shape index (κ1) is 15.5. The van der Waals surface area contributed by atoms with Crippen molar-refractivity contribution in [2.75, 3.05) is 19.6 Å². The number of likely N-dealkylation sites (tertiary alicyclic amines) is 1. The predicted octanol–water partition coefficient (Wildman–Crippen LogP) is 1.61. The molecular formula is C16H23N3O2S. The molecule has 2 N–H and O–H groups in total. The van der Waals surface area contributed by atoms with Crippen LogP contribution < -0.4 is 10.6 Å². The molecule has 22 heavy (non-hydrogen) atoms. The zero-order chi connectivity index (χ0) is 15.4. The number of hydrogen-bond donors (Lipinski definition) is 2. The minimum absolute atomic E-state index is 0.00109. The third kappa shape index (κ3) is 3.87. The first-order valence-electron chi connectivity index (χ1n) is 8.06. The molecule has 2 aliphatic rings. The highest BCUT2D eigenvalue weighted by Gasteiger charge is 2.26. The van der Waals surface area contributed by atoms with E-state index in [1.54, 1.807) is 0 Å². The van der Waals surface area contributed by atoms with Crippen molar-refractivity contribution in [1.29, 1.82) is 0 Å². The molecule has 0 bridgehead atoms. The topological polar surface area (TPSA) is 61.4 Å². The summed E-state index contributed by atoms with van der Waals surface area (Å²) >= 11 is 1.53. The van der Waals surface area contributed by atoms with Crippen LogP contribution in [-0.4, -0.2) is 48.4 Å². The van der Waals surface area contributed by atoms with Crippen LogP contribution in [0.25, 0.3) is 0 Å². The number of thiophene rings is 1. The maximum Gasteiger partial charge on any atom is 0.252 e. The van der Waals surface area contributed by atoms with Crippen LogP contribution in [0.15, 0.2) is 16.8 Å². The normalized spacial score (nSPS) is 22.7. The number of carbonyl (C=O) groups excluding carboxylic acids is 2. The molecule has 2 saturated heterocycles. The monoisotopic (exact) mass is 321 g/mol. The lowest BCUT2D eigenvalue weighted by atomic mass is 10.0. The highest BCUT2D eigenvalue weighted by atomic mass is 32.1. The number of carbonyl (C=O) groups is 2. The molecule has 0 radical (unpaired) electrons. The molecule has 0 saturated carbocycles. The molecule has 1 atom stereocenters. The van der Waals surface area contributed by atoms with Crippen molar-refractivity contribution in [2.45, 2.75) is 44.2 Å². The quantitative estimate of drug-likeness (QED) is 0.886. The molecule has 5 nitrogen and oxygen atoms in total. The van der Waals surface area contributed by atoms with Gasteiger partial charge in [0.15, 0.2) is 0 Å². The average Bonchev–Trinajstić information content (AvgIpc) is 3.21. The summed E-state index contributed by atoms with van der Waals surface area (Å²) in [6.07, 6.45) is 4.60. The van der Waals surface area contributed by atoms with Crippen molar-refractivity contribution < 1.29 is 9.59 Å². The van der Waals surface area contributed by atoms with E-state index in [1.807, 2.05) is 21.7 Å². The van der Waals surface area contributed by atoms with Crippen LogP contribution in [0.3, 0.4) is 0 Å². The average molecular weight is 321 g/mol. The molecule has 3 rings (SSSR count). The molecule has 1 aromatic heterocycles. The number of hydrogen-bond acceptors (Lipinski definition) is 4. The lowest BCUT2D eigenvalue weighted by Gasteiger charge is -2.33. The maximum atomic E-state index is 12.3. The number of nitrogens with one attached hydrogen (secondary N) is 2. The largest absolute Gasteiger partial charge is 0.349 e.